The second kappa shape index (κ2) is 9.14. The molecule has 0 unspecified atom stereocenters. The van der Waals surface area contributed by atoms with Gasteiger partial charge in [0.25, 0.3) is 0 Å². The van der Waals surface area contributed by atoms with Crippen LogP contribution in [-0.2, 0) is 15.8 Å². The van der Waals surface area contributed by atoms with Crippen molar-refractivity contribution >= 4 is 8.32 Å². The number of aliphatic hydroxyl groups is 1. The molecule has 0 aliphatic carbocycles. The molecule has 0 bridgehead atoms. The quantitative estimate of drug-likeness (QED) is 0.636. The summed E-state index contributed by atoms with van der Waals surface area (Å²) in [6, 6.07) is 10.2. The molecule has 24 heavy (non-hydrogen) atoms. The molecule has 0 amide bonds. The van der Waals surface area contributed by atoms with E-state index < -0.39 is 8.32 Å². The summed E-state index contributed by atoms with van der Waals surface area (Å²) >= 11 is 0. The van der Waals surface area contributed by atoms with Gasteiger partial charge < -0.3 is 14.3 Å². The molecule has 0 heterocycles. The molecule has 0 aromatic heterocycles. The van der Waals surface area contributed by atoms with E-state index in [9.17, 15) is 5.11 Å². The Bertz CT molecular complexity index is 468. The van der Waals surface area contributed by atoms with Gasteiger partial charge in [-0.3, -0.25) is 0 Å². The molecule has 0 saturated carbocycles. The molecule has 4 heteroatoms. The van der Waals surface area contributed by atoms with Gasteiger partial charge in [-0.05, 0) is 43.0 Å². The van der Waals surface area contributed by atoms with E-state index >= 15 is 0 Å². The van der Waals surface area contributed by atoms with Crippen LogP contribution in [0.15, 0.2) is 30.3 Å². The van der Waals surface area contributed by atoms with E-state index in [4.69, 9.17) is 9.16 Å². The van der Waals surface area contributed by atoms with Crippen LogP contribution in [0, 0.1) is 5.92 Å². The summed E-state index contributed by atoms with van der Waals surface area (Å²) in [5.74, 6) is 0.329. The van der Waals surface area contributed by atoms with E-state index in [2.05, 4.69) is 59.8 Å². The van der Waals surface area contributed by atoms with Gasteiger partial charge >= 0.3 is 0 Å². The van der Waals surface area contributed by atoms with Gasteiger partial charge in [0.2, 0.25) is 0 Å². The van der Waals surface area contributed by atoms with E-state index in [1.165, 1.54) is 5.56 Å². The van der Waals surface area contributed by atoms with Gasteiger partial charge in [0, 0.05) is 0 Å². The molecule has 0 aliphatic heterocycles. The van der Waals surface area contributed by atoms with Gasteiger partial charge in [-0.1, -0.05) is 58.0 Å². The summed E-state index contributed by atoms with van der Waals surface area (Å²) in [4.78, 5) is 0. The average molecular weight is 353 g/mol. The first kappa shape index (κ1) is 21.4. The fourth-order valence-electron chi connectivity index (χ4n) is 2.33. The molecule has 0 radical (unpaired) electrons. The molecule has 0 fully saturated rings. The minimum absolute atomic E-state index is 0.0717. The van der Waals surface area contributed by atoms with Crippen LogP contribution in [0.2, 0.25) is 18.1 Å². The maximum Gasteiger partial charge on any atom is 0.192 e. The maximum atomic E-state index is 9.75. The van der Waals surface area contributed by atoms with E-state index in [1.54, 1.807) is 0 Å². The van der Waals surface area contributed by atoms with Crippen molar-refractivity contribution in [3.05, 3.63) is 35.9 Å². The first-order chi connectivity index (χ1) is 11.1. The molecule has 3 nitrogen and oxygen atoms in total. The Morgan fingerprint density at radius 3 is 2.17 bits per heavy atom. The lowest BCUT2D eigenvalue weighted by Gasteiger charge is -2.39. The number of ether oxygens (including phenoxy) is 1. The van der Waals surface area contributed by atoms with Gasteiger partial charge in [0.05, 0.1) is 25.4 Å². The smallest absolute Gasteiger partial charge is 0.192 e. The molecule has 1 rings (SSSR count). The van der Waals surface area contributed by atoms with Crippen molar-refractivity contribution in [2.75, 3.05) is 6.61 Å². The highest BCUT2D eigenvalue weighted by Crippen LogP contribution is 2.38. The zero-order valence-corrected chi connectivity index (χ0v) is 17.5. The summed E-state index contributed by atoms with van der Waals surface area (Å²) in [6.07, 6.45) is 0.838. The molecule has 3 atom stereocenters. The fraction of sp³-hybridized carbons (Fsp3) is 0.700. The normalized spacial score (nSPS) is 16.7. The van der Waals surface area contributed by atoms with Crippen molar-refractivity contribution in [2.24, 2.45) is 5.92 Å². The lowest BCUT2D eigenvalue weighted by atomic mass is 9.99. The van der Waals surface area contributed by atoms with Gasteiger partial charge in [0.15, 0.2) is 8.32 Å². The lowest BCUT2D eigenvalue weighted by molar-refractivity contribution is -0.00387. The van der Waals surface area contributed by atoms with Gasteiger partial charge in [-0.15, -0.1) is 0 Å². The van der Waals surface area contributed by atoms with Gasteiger partial charge in [-0.25, -0.2) is 0 Å². The van der Waals surface area contributed by atoms with Crippen LogP contribution in [0.3, 0.4) is 0 Å². The Hall–Kier alpha value is -0.683. The fourth-order valence-corrected chi connectivity index (χ4v) is 3.68. The van der Waals surface area contributed by atoms with Crippen LogP contribution in [-0.4, -0.2) is 32.2 Å². The van der Waals surface area contributed by atoms with Crippen molar-refractivity contribution in [1.82, 2.24) is 0 Å². The Balaban J connectivity index is 2.52. The van der Waals surface area contributed by atoms with Crippen molar-refractivity contribution in [1.29, 1.82) is 0 Å². The Morgan fingerprint density at radius 1 is 1.08 bits per heavy atom. The first-order valence-electron chi connectivity index (χ1n) is 9.01. The van der Waals surface area contributed by atoms with Gasteiger partial charge in [0.1, 0.15) is 0 Å². The summed E-state index contributed by atoms with van der Waals surface area (Å²) in [5, 5.41) is 9.90. The third-order valence-corrected chi connectivity index (χ3v) is 9.80. The van der Waals surface area contributed by atoms with Crippen molar-refractivity contribution in [2.45, 2.75) is 78.0 Å². The zero-order chi connectivity index (χ0) is 18.4. The third-order valence-electron chi connectivity index (χ3n) is 5.26. The average Bonchev–Trinajstić information content (AvgIpc) is 2.51. The molecular weight excluding hydrogens is 316 g/mol. The molecular formula is C20H36O3Si. The van der Waals surface area contributed by atoms with Crippen LogP contribution in [0.5, 0.6) is 0 Å². The minimum atomic E-state index is -1.86. The second-order valence-electron chi connectivity index (χ2n) is 8.40. The summed E-state index contributed by atoms with van der Waals surface area (Å²) < 4.78 is 12.4. The number of aliphatic hydroxyl groups excluding tert-OH is 1. The highest BCUT2D eigenvalue weighted by molar-refractivity contribution is 6.74. The molecule has 0 saturated heterocycles. The van der Waals surface area contributed by atoms with Crippen LogP contribution in [0.1, 0.15) is 46.6 Å². The monoisotopic (exact) mass is 352 g/mol. The van der Waals surface area contributed by atoms with E-state index in [1.807, 2.05) is 18.2 Å². The van der Waals surface area contributed by atoms with Crippen LogP contribution in [0.25, 0.3) is 0 Å². The predicted molar refractivity (Wildman–Crippen MR) is 104 cm³/mol. The van der Waals surface area contributed by atoms with Crippen molar-refractivity contribution < 1.29 is 14.3 Å². The summed E-state index contributed by atoms with van der Waals surface area (Å²) in [5.41, 5.74) is 1.19. The van der Waals surface area contributed by atoms with Gasteiger partial charge in [-0.2, -0.15) is 0 Å². The van der Waals surface area contributed by atoms with Crippen molar-refractivity contribution in [3.8, 4) is 0 Å². The highest BCUT2D eigenvalue weighted by atomic mass is 28.4. The number of benzene rings is 1. The highest BCUT2D eigenvalue weighted by Gasteiger charge is 2.39. The minimum Gasteiger partial charge on any atom is -0.412 e. The van der Waals surface area contributed by atoms with Crippen LogP contribution < -0.4 is 0 Å². The SMILES string of the molecule is C[C@H](OCc1ccccc1)[C@@H](C)C[C@@H](CO)O[Si](C)(C)C(C)(C)C. The molecule has 0 aliphatic rings. The first-order valence-corrected chi connectivity index (χ1v) is 11.9. The Labute approximate surface area is 149 Å². The summed E-state index contributed by atoms with van der Waals surface area (Å²) in [6.45, 7) is 16.1. The van der Waals surface area contributed by atoms with E-state index in [0.29, 0.717) is 12.5 Å². The molecule has 0 spiro atoms. The Morgan fingerprint density at radius 2 is 1.67 bits per heavy atom. The number of hydrogen-bond donors (Lipinski definition) is 1. The standard InChI is InChI=1S/C20H36O3Si/c1-16(17(2)22-15-18-11-9-8-10-12-18)13-19(14-21)23-24(6,7)20(3,4)5/h8-12,16-17,19,21H,13-15H2,1-7H3/t16-,17-,19-/m0/s1. The predicted octanol–water partition coefficient (Wildman–Crippen LogP) is 5.00. The molecule has 1 aromatic rings. The van der Waals surface area contributed by atoms with Crippen molar-refractivity contribution in [3.63, 3.8) is 0 Å². The maximum absolute atomic E-state index is 9.75. The van der Waals surface area contributed by atoms with E-state index in [-0.39, 0.29) is 23.9 Å². The number of hydrogen-bond acceptors (Lipinski definition) is 3. The lowest BCUT2D eigenvalue weighted by Crippen LogP contribution is -2.45. The zero-order valence-electron chi connectivity index (χ0n) is 16.5. The topological polar surface area (TPSA) is 38.7 Å². The molecule has 138 valence electrons. The largest absolute Gasteiger partial charge is 0.412 e. The van der Waals surface area contributed by atoms with Crippen LogP contribution >= 0.6 is 0 Å². The Kier molecular flexibility index (Phi) is 8.13. The third kappa shape index (κ3) is 6.67. The molecule has 1 aromatic carbocycles. The summed E-state index contributed by atoms with van der Waals surface area (Å²) in [7, 11) is -1.86. The second-order valence-corrected chi connectivity index (χ2v) is 13.2. The van der Waals surface area contributed by atoms with E-state index in [0.717, 1.165) is 6.42 Å². The molecule has 1 N–H and O–H groups in total. The van der Waals surface area contributed by atoms with Crippen LogP contribution in [0.4, 0.5) is 0 Å². The number of rotatable bonds is 9.